The molecule has 4 N–H and O–H groups in total. The van der Waals surface area contributed by atoms with Gasteiger partial charge >= 0.3 is 5.97 Å². The lowest BCUT2D eigenvalue weighted by Gasteiger charge is -2.39. The summed E-state index contributed by atoms with van der Waals surface area (Å²) in [5, 5.41) is 40.1. The predicted octanol–water partition coefficient (Wildman–Crippen LogP) is 9.69. The fourth-order valence-corrected chi connectivity index (χ4v) is 6.16. The predicted molar refractivity (Wildman–Crippen MR) is 228 cm³/mol. The molecule has 1 heterocycles. The summed E-state index contributed by atoms with van der Waals surface area (Å²) in [6.07, 6.45) is 42.1. The molecule has 0 radical (unpaired) electrons. The largest absolute Gasteiger partial charge is 0.457 e. The molecule has 0 aromatic rings. The van der Waals surface area contributed by atoms with Gasteiger partial charge in [-0.2, -0.15) is 0 Å². The van der Waals surface area contributed by atoms with Crippen molar-refractivity contribution in [2.45, 2.75) is 192 Å². The second-order valence-corrected chi connectivity index (χ2v) is 14.8. The molecule has 322 valence electrons. The van der Waals surface area contributed by atoms with Crippen molar-refractivity contribution in [3.63, 3.8) is 0 Å². The fourth-order valence-electron chi connectivity index (χ4n) is 6.16. The first-order valence-corrected chi connectivity index (χ1v) is 22.0. The minimum Gasteiger partial charge on any atom is -0.457 e. The smallest absolute Gasteiger partial charge is 0.306 e. The molecule has 1 aliphatic rings. The van der Waals surface area contributed by atoms with Gasteiger partial charge in [0.1, 0.15) is 30.5 Å². The molecule has 0 amide bonds. The Hall–Kier alpha value is -2.37. The van der Waals surface area contributed by atoms with Crippen molar-refractivity contribution >= 4 is 5.97 Å². The SMILES string of the molecule is CC/C=C\C/C=C\C/C=C\C/C=C\CCCCC(=O)OC(COCCCCCCCCCC/C=C\C/C=C\CCCCC)COC1OC(CO)C(O)C(O)C1O. The summed E-state index contributed by atoms with van der Waals surface area (Å²) in [5.41, 5.74) is 0. The van der Waals surface area contributed by atoms with Crippen LogP contribution in [0.3, 0.4) is 0 Å². The molecule has 9 heteroatoms. The summed E-state index contributed by atoms with van der Waals surface area (Å²) >= 11 is 0. The highest BCUT2D eigenvalue weighted by Crippen LogP contribution is 2.22. The number of rotatable bonds is 36. The normalized spacial score (nSPS) is 21.3. The number of hydrogen-bond acceptors (Lipinski definition) is 9. The Labute approximate surface area is 340 Å². The van der Waals surface area contributed by atoms with Gasteiger partial charge in [-0.1, -0.05) is 138 Å². The van der Waals surface area contributed by atoms with Crippen LogP contribution in [0.5, 0.6) is 0 Å². The summed E-state index contributed by atoms with van der Waals surface area (Å²) in [6.45, 7) is 4.34. The van der Waals surface area contributed by atoms with E-state index in [9.17, 15) is 25.2 Å². The van der Waals surface area contributed by atoms with E-state index in [0.29, 0.717) is 13.0 Å². The van der Waals surface area contributed by atoms with E-state index < -0.39 is 43.4 Å². The Morgan fingerprint density at radius 3 is 1.64 bits per heavy atom. The van der Waals surface area contributed by atoms with Gasteiger partial charge in [0.05, 0.1) is 19.8 Å². The van der Waals surface area contributed by atoms with E-state index in [1.165, 1.54) is 57.8 Å². The third kappa shape index (κ3) is 28.9. The highest BCUT2D eigenvalue weighted by Gasteiger charge is 2.44. The molecule has 1 fully saturated rings. The molecular weight excluding hydrogens is 709 g/mol. The van der Waals surface area contributed by atoms with Crippen LogP contribution < -0.4 is 0 Å². The van der Waals surface area contributed by atoms with Crippen LogP contribution in [0.15, 0.2) is 72.9 Å². The Bertz CT molecular complexity index is 1080. The second kappa shape index (κ2) is 38.2. The van der Waals surface area contributed by atoms with E-state index >= 15 is 0 Å². The van der Waals surface area contributed by atoms with E-state index in [0.717, 1.165) is 70.6 Å². The van der Waals surface area contributed by atoms with Crippen molar-refractivity contribution in [1.82, 2.24) is 0 Å². The highest BCUT2D eigenvalue weighted by atomic mass is 16.7. The first-order valence-electron chi connectivity index (χ1n) is 22.0. The molecule has 0 aromatic heterocycles. The third-order valence-corrected chi connectivity index (χ3v) is 9.61. The summed E-state index contributed by atoms with van der Waals surface area (Å²) in [7, 11) is 0. The molecule has 1 saturated heterocycles. The highest BCUT2D eigenvalue weighted by molar-refractivity contribution is 5.69. The van der Waals surface area contributed by atoms with Gasteiger partial charge < -0.3 is 39.4 Å². The number of esters is 1. The van der Waals surface area contributed by atoms with Crippen LogP contribution in [0.4, 0.5) is 0 Å². The van der Waals surface area contributed by atoms with Crippen molar-refractivity contribution in [1.29, 1.82) is 0 Å². The lowest BCUT2D eigenvalue weighted by molar-refractivity contribution is -0.305. The summed E-state index contributed by atoms with van der Waals surface area (Å²) in [4.78, 5) is 12.7. The molecule has 0 bridgehead atoms. The molecule has 1 aliphatic heterocycles. The van der Waals surface area contributed by atoms with Gasteiger partial charge in [-0.3, -0.25) is 4.79 Å². The zero-order valence-corrected chi connectivity index (χ0v) is 35.1. The number of carbonyl (C=O) groups excluding carboxylic acids is 1. The van der Waals surface area contributed by atoms with Crippen LogP contribution in [0.1, 0.15) is 155 Å². The quantitative estimate of drug-likeness (QED) is 0.0278. The third-order valence-electron chi connectivity index (χ3n) is 9.61. The number of aliphatic hydroxyl groups excluding tert-OH is 4. The maximum Gasteiger partial charge on any atom is 0.306 e. The molecule has 1 rings (SSSR count). The summed E-state index contributed by atoms with van der Waals surface area (Å²) in [6, 6.07) is 0. The first kappa shape index (κ1) is 51.6. The molecular formula is C47H80O9. The van der Waals surface area contributed by atoms with Gasteiger partial charge in [0.25, 0.3) is 0 Å². The Morgan fingerprint density at radius 1 is 0.589 bits per heavy atom. The second-order valence-electron chi connectivity index (χ2n) is 14.8. The molecule has 9 nitrogen and oxygen atoms in total. The van der Waals surface area contributed by atoms with Crippen LogP contribution >= 0.6 is 0 Å². The van der Waals surface area contributed by atoms with Crippen LogP contribution in [0, 0.1) is 0 Å². The van der Waals surface area contributed by atoms with Gasteiger partial charge in [0.15, 0.2) is 6.29 Å². The number of unbranched alkanes of at least 4 members (excludes halogenated alkanes) is 13. The van der Waals surface area contributed by atoms with Gasteiger partial charge in [0.2, 0.25) is 0 Å². The van der Waals surface area contributed by atoms with Gasteiger partial charge in [-0.25, -0.2) is 0 Å². The Kier molecular flexibility index (Phi) is 35.2. The topological polar surface area (TPSA) is 135 Å². The van der Waals surface area contributed by atoms with E-state index in [1.807, 2.05) is 0 Å². The van der Waals surface area contributed by atoms with Crippen LogP contribution in [0.25, 0.3) is 0 Å². The van der Waals surface area contributed by atoms with Gasteiger partial charge in [0, 0.05) is 13.0 Å². The molecule has 6 unspecified atom stereocenters. The molecule has 0 aliphatic carbocycles. The standard InChI is InChI=1S/C47H80O9/c1-3-5-7-9-11-13-15-17-19-20-21-23-25-27-29-31-33-35-37-53-39-41(40-54-47-46(52)45(51)44(50)42(38-48)56-47)55-43(49)36-34-32-30-28-26-24-22-18-16-14-12-10-8-6-4-2/h6,8,11-14,17-19,22,26,28,41-42,44-48,50-52H,3-5,7,9-10,15-16,20-21,23-25,27,29-40H2,1-2H3/b8-6-,13-11-,14-12-,19-17-,22-18-,28-26-. The fraction of sp³-hybridized carbons (Fsp3) is 0.723. The number of hydrogen-bond donors (Lipinski definition) is 4. The Balaban J connectivity index is 2.31. The minimum absolute atomic E-state index is 0.120. The van der Waals surface area contributed by atoms with Gasteiger partial charge in [-0.05, 0) is 83.5 Å². The summed E-state index contributed by atoms with van der Waals surface area (Å²) in [5.74, 6) is -0.359. The van der Waals surface area contributed by atoms with Crippen LogP contribution in [0.2, 0.25) is 0 Å². The molecule has 6 atom stereocenters. The van der Waals surface area contributed by atoms with Crippen molar-refractivity contribution in [2.75, 3.05) is 26.4 Å². The van der Waals surface area contributed by atoms with Crippen molar-refractivity contribution < 1.29 is 44.2 Å². The molecule has 0 spiro atoms. The van der Waals surface area contributed by atoms with E-state index in [4.69, 9.17) is 18.9 Å². The number of aliphatic hydroxyl groups is 4. The van der Waals surface area contributed by atoms with E-state index in [1.54, 1.807) is 0 Å². The Morgan fingerprint density at radius 2 is 1.09 bits per heavy atom. The maximum absolute atomic E-state index is 12.7. The average Bonchev–Trinajstić information content (AvgIpc) is 3.20. The minimum atomic E-state index is -1.55. The van der Waals surface area contributed by atoms with E-state index in [2.05, 4.69) is 86.8 Å². The van der Waals surface area contributed by atoms with Crippen molar-refractivity contribution in [3.05, 3.63) is 72.9 Å². The van der Waals surface area contributed by atoms with Crippen molar-refractivity contribution in [3.8, 4) is 0 Å². The zero-order valence-electron chi connectivity index (χ0n) is 35.1. The monoisotopic (exact) mass is 789 g/mol. The van der Waals surface area contributed by atoms with Gasteiger partial charge in [-0.15, -0.1) is 0 Å². The zero-order chi connectivity index (χ0) is 40.7. The molecule has 56 heavy (non-hydrogen) atoms. The number of ether oxygens (including phenoxy) is 4. The maximum atomic E-state index is 12.7. The number of allylic oxidation sites excluding steroid dienone is 12. The van der Waals surface area contributed by atoms with Crippen molar-refractivity contribution in [2.24, 2.45) is 0 Å². The molecule has 0 aromatic carbocycles. The van der Waals surface area contributed by atoms with Crippen LogP contribution in [-0.2, 0) is 23.7 Å². The molecule has 0 saturated carbocycles. The van der Waals surface area contributed by atoms with E-state index in [-0.39, 0.29) is 25.6 Å². The lowest BCUT2D eigenvalue weighted by atomic mass is 9.99. The lowest BCUT2D eigenvalue weighted by Crippen LogP contribution is -2.59. The van der Waals surface area contributed by atoms with Crippen LogP contribution in [-0.4, -0.2) is 89.6 Å². The first-order chi connectivity index (χ1) is 27.4. The average molecular weight is 789 g/mol. The number of carbonyl (C=O) groups is 1. The summed E-state index contributed by atoms with van der Waals surface area (Å²) < 4.78 is 22.7.